The number of benzene rings is 1. The van der Waals surface area contributed by atoms with Crippen molar-refractivity contribution in [2.75, 3.05) is 23.4 Å². The van der Waals surface area contributed by atoms with E-state index in [4.69, 9.17) is 4.74 Å². The number of hydrogen-bond donors (Lipinski definition) is 1. The first-order chi connectivity index (χ1) is 11.6. The molecule has 1 saturated heterocycles. The molecule has 7 heteroatoms. The molecule has 1 aromatic heterocycles. The van der Waals surface area contributed by atoms with Crippen LogP contribution < -0.4 is 15.0 Å². The van der Waals surface area contributed by atoms with E-state index >= 15 is 0 Å². The number of carbonyl (C=O) groups is 2. The zero-order chi connectivity index (χ0) is 17.1. The second-order valence-corrected chi connectivity index (χ2v) is 6.47. The summed E-state index contributed by atoms with van der Waals surface area (Å²) >= 11 is 1.39. The summed E-state index contributed by atoms with van der Waals surface area (Å²) in [5, 5.41) is 5.24. The van der Waals surface area contributed by atoms with E-state index in [0.717, 1.165) is 17.1 Å². The first kappa shape index (κ1) is 16.4. The second kappa shape index (κ2) is 7.00. The number of nitrogens with one attached hydrogen (secondary N) is 1. The van der Waals surface area contributed by atoms with Crippen molar-refractivity contribution >= 4 is 34.0 Å². The molecule has 1 aromatic carbocycles. The molecule has 2 aromatic rings. The highest BCUT2D eigenvalue weighted by molar-refractivity contribution is 7.13. The average Bonchev–Trinajstić information content (AvgIpc) is 3.14. The van der Waals surface area contributed by atoms with Gasteiger partial charge >= 0.3 is 0 Å². The van der Waals surface area contributed by atoms with Crippen molar-refractivity contribution in [1.82, 2.24) is 4.98 Å². The van der Waals surface area contributed by atoms with Crippen LogP contribution >= 0.6 is 11.3 Å². The van der Waals surface area contributed by atoms with E-state index in [-0.39, 0.29) is 24.2 Å². The quantitative estimate of drug-likeness (QED) is 0.904. The van der Waals surface area contributed by atoms with Gasteiger partial charge in [0.05, 0.1) is 18.2 Å². The number of aryl methyl sites for hydroxylation is 1. The number of nitrogens with zero attached hydrogens (tertiary/aromatic N) is 2. The number of rotatable bonds is 5. The first-order valence-electron chi connectivity index (χ1n) is 7.83. The monoisotopic (exact) mass is 345 g/mol. The Kier molecular flexibility index (Phi) is 4.80. The highest BCUT2D eigenvalue weighted by Crippen LogP contribution is 2.28. The Balaban J connectivity index is 1.65. The number of ether oxygens (including phenoxy) is 1. The predicted octanol–water partition coefficient (Wildman–Crippen LogP) is 2.84. The van der Waals surface area contributed by atoms with E-state index in [1.54, 1.807) is 4.90 Å². The molecule has 24 heavy (non-hydrogen) atoms. The number of thiazole rings is 1. The van der Waals surface area contributed by atoms with E-state index in [9.17, 15) is 9.59 Å². The molecule has 0 spiro atoms. The molecular weight excluding hydrogens is 326 g/mol. The fraction of sp³-hybridized carbons (Fsp3) is 0.353. The Morgan fingerprint density at radius 3 is 2.79 bits per heavy atom. The fourth-order valence-electron chi connectivity index (χ4n) is 2.64. The molecule has 126 valence electrons. The summed E-state index contributed by atoms with van der Waals surface area (Å²) < 4.78 is 5.40. The Bertz CT molecular complexity index is 742. The van der Waals surface area contributed by atoms with Gasteiger partial charge in [-0.2, -0.15) is 0 Å². The van der Waals surface area contributed by atoms with Crippen LogP contribution in [0, 0.1) is 12.8 Å². The molecule has 0 aliphatic carbocycles. The molecule has 1 N–H and O–H groups in total. The highest BCUT2D eigenvalue weighted by Gasteiger charge is 2.35. The second-order valence-electron chi connectivity index (χ2n) is 5.62. The Labute approximate surface area is 144 Å². The van der Waals surface area contributed by atoms with Gasteiger partial charge in [0.1, 0.15) is 5.75 Å². The molecule has 6 nitrogen and oxygen atoms in total. The third kappa shape index (κ3) is 3.56. The maximum Gasteiger partial charge on any atom is 0.231 e. The molecule has 1 atom stereocenters. The summed E-state index contributed by atoms with van der Waals surface area (Å²) in [4.78, 5) is 30.5. The lowest BCUT2D eigenvalue weighted by molar-refractivity contribution is -0.122. The highest BCUT2D eigenvalue weighted by atomic mass is 32.1. The van der Waals surface area contributed by atoms with Gasteiger partial charge in [0.15, 0.2) is 5.13 Å². The van der Waals surface area contributed by atoms with Crippen LogP contribution in [0.2, 0.25) is 0 Å². The molecule has 1 aliphatic heterocycles. The van der Waals surface area contributed by atoms with Crippen LogP contribution in [-0.2, 0) is 9.59 Å². The van der Waals surface area contributed by atoms with Gasteiger partial charge in [-0.25, -0.2) is 4.98 Å². The van der Waals surface area contributed by atoms with Crippen LogP contribution in [0.5, 0.6) is 5.75 Å². The van der Waals surface area contributed by atoms with Crippen LogP contribution in [0.4, 0.5) is 10.8 Å². The van der Waals surface area contributed by atoms with Crippen LogP contribution in [0.3, 0.4) is 0 Å². The van der Waals surface area contributed by atoms with Gasteiger partial charge < -0.3 is 15.0 Å². The lowest BCUT2D eigenvalue weighted by Crippen LogP contribution is -2.28. The third-order valence-electron chi connectivity index (χ3n) is 3.80. The van der Waals surface area contributed by atoms with Crippen molar-refractivity contribution in [2.24, 2.45) is 5.92 Å². The van der Waals surface area contributed by atoms with Crippen LogP contribution in [0.25, 0.3) is 0 Å². The lowest BCUT2D eigenvalue weighted by Gasteiger charge is -2.17. The summed E-state index contributed by atoms with van der Waals surface area (Å²) in [5.41, 5.74) is 1.65. The normalized spacial score (nSPS) is 17.2. The summed E-state index contributed by atoms with van der Waals surface area (Å²) in [6.45, 7) is 4.77. The van der Waals surface area contributed by atoms with Crippen molar-refractivity contribution < 1.29 is 14.3 Å². The van der Waals surface area contributed by atoms with Gasteiger partial charge in [0.25, 0.3) is 0 Å². The van der Waals surface area contributed by atoms with E-state index in [2.05, 4.69) is 10.3 Å². The topological polar surface area (TPSA) is 71.5 Å². The van der Waals surface area contributed by atoms with E-state index in [1.165, 1.54) is 11.3 Å². The molecule has 3 rings (SSSR count). The molecular formula is C17H19N3O3S. The maximum absolute atomic E-state index is 12.3. The molecule has 2 heterocycles. The Morgan fingerprint density at radius 1 is 1.42 bits per heavy atom. The van der Waals surface area contributed by atoms with Gasteiger partial charge in [-0.1, -0.05) is 0 Å². The van der Waals surface area contributed by atoms with Gasteiger partial charge in [-0.15, -0.1) is 11.3 Å². The summed E-state index contributed by atoms with van der Waals surface area (Å²) in [6.07, 6.45) is 0.212. The van der Waals surface area contributed by atoms with Crippen LogP contribution in [-0.4, -0.2) is 29.9 Å². The number of anilines is 2. The number of amides is 2. The number of carbonyl (C=O) groups excluding carboxylic acids is 2. The van der Waals surface area contributed by atoms with Crippen LogP contribution in [0.15, 0.2) is 29.6 Å². The van der Waals surface area contributed by atoms with Crippen molar-refractivity contribution in [2.45, 2.75) is 20.3 Å². The van der Waals surface area contributed by atoms with Crippen molar-refractivity contribution in [3.63, 3.8) is 0 Å². The Hall–Kier alpha value is -2.41. The molecule has 0 bridgehead atoms. The summed E-state index contributed by atoms with van der Waals surface area (Å²) in [5.74, 6) is 0.190. The zero-order valence-electron chi connectivity index (χ0n) is 13.6. The lowest BCUT2D eigenvalue weighted by atomic mass is 10.1. The Morgan fingerprint density at radius 2 is 2.17 bits per heavy atom. The molecule has 1 aliphatic rings. The molecule has 0 radical (unpaired) electrons. The minimum atomic E-state index is -0.367. The minimum absolute atomic E-state index is 0.0466. The van der Waals surface area contributed by atoms with E-state index < -0.39 is 0 Å². The summed E-state index contributed by atoms with van der Waals surface area (Å²) in [7, 11) is 0. The van der Waals surface area contributed by atoms with E-state index in [0.29, 0.717) is 18.3 Å². The molecule has 1 fully saturated rings. The van der Waals surface area contributed by atoms with Gasteiger partial charge in [0, 0.05) is 24.0 Å². The minimum Gasteiger partial charge on any atom is -0.494 e. The zero-order valence-corrected chi connectivity index (χ0v) is 14.4. The third-order valence-corrected chi connectivity index (χ3v) is 4.68. The molecule has 0 saturated carbocycles. The van der Waals surface area contributed by atoms with Gasteiger partial charge in [-0.3, -0.25) is 9.59 Å². The standard InChI is InChI=1S/C17H19N3O3S/c1-3-23-14-6-4-13(5-7-14)20-9-12(8-15(20)21)16(22)19-17-18-11(2)10-24-17/h4-7,10,12H,3,8-9H2,1-2H3,(H,18,19,22). The average molecular weight is 345 g/mol. The molecule has 1 unspecified atom stereocenters. The van der Waals surface area contributed by atoms with Crippen LogP contribution in [0.1, 0.15) is 19.0 Å². The fourth-order valence-corrected chi connectivity index (χ4v) is 3.33. The predicted molar refractivity (Wildman–Crippen MR) is 93.6 cm³/mol. The summed E-state index contributed by atoms with van der Waals surface area (Å²) in [6, 6.07) is 7.34. The SMILES string of the molecule is CCOc1ccc(N2CC(C(=O)Nc3nc(C)cs3)CC2=O)cc1. The van der Waals surface area contributed by atoms with Gasteiger partial charge in [-0.05, 0) is 38.1 Å². The first-order valence-corrected chi connectivity index (χ1v) is 8.71. The largest absolute Gasteiger partial charge is 0.494 e. The van der Waals surface area contributed by atoms with Crippen molar-refractivity contribution in [3.05, 3.63) is 35.3 Å². The smallest absolute Gasteiger partial charge is 0.231 e. The maximum atomic E-state index is 12.3. The van der Waals surface area contributed by atoms with Crippen molar-refractivity contribution in [1.29, 1.82) is 0 Å². The van der Waals surface area contributed by atoms with Gasteiger partial charge in [0.2, 0.25) is 11.8 Å². The number of aromatic nitrogens is 1. The number of hydrogen-bond acceptors (Lipinski definition) is 5. The van der Waals surface area contributed by atoms with Crippen molar-refractivity contribution in [3.8, 4) is 5.75 Å². The molecule has 2 amide bonds. The van der Waals surface area contributed by atoms with E-state index in [1.807, 2.05) is 43.5 Å².